The highest BCUT2D eigenvalue weighted by atomic mass is 35.5. The molecule has 2 rings (SSSR count). The van der Waals surface area contributed by atoms with E-state index in [1.807, 2.05) is 36.1 Å². The molecule has 1 aromatic carbocycles. The first-order valence-corrected chi connectivity index (χ1v) is 7.40. The second-order valence-corrected chi connectivity index (χ2v) is 5.48. The fraction of sp³-hybridized carbons (Fsp3) is 0.533. The van der Waals surface area contributed by atoms with E-state index in [0.717, 1.165) is 18.4 Å². The zero-order valence-electron chi connectivity index (χ0n) is 11.7. The van der Waals surface area contributed by atoms with Crippen LogP contribution in [0.15, 0.2) is 24.3 Å². The number of nitrogens with two attached hydrogens (primary N) is 1. The molecule has 1 aliphatic heterocycles. The van der Waals surface area contributed by atoms with Crippen LogP contribution in [-0.2, 0) is 16.1 Å². The molecule has 1 aromatic rings. The smallest absolute Gasteiger partial charge is 0.252 e. The van der Waals surface area contributed by atoms with Crippen molar-refractivity contribution >= 4 is 17.5 Å². The first kappa shape index (κ1) is 15.3. The summed E-state index contributed by atoms with van der Waals surface area (Å²) in [5.41, 5.74) is 6.65. The van der Waals surface area contributed by atoms with E-state index < -0.39 is 0 Å². The Morgan fingerprint density at radius 1 is 1.40 bits per heavy atom. The topological polar surface area (TPSA) is 55.6 Å². The minimum absolute atomic E-state index is 0.0261. The van der Waals surface area contributed by atoms with Crippen LogP contribution >= 0.6 is 11.6 Å². The molecule has 0 aromatic heterocycles. The lowest BCUT2D eigenvalue weighted by Crippen LogP contribution is -2.39. The van der Waals surface area contributed by atoms with Crippen LogP contribution in [0.4, 0.5) is 0 Å². The maximum Gasteiger partial charge on any atom is 0.252 e. The molecule has 1 saturated heterocycles. The Bertz CT molecular complexity index is 450. The second kappa shape index (κ2) is 7.07. The lowest BCUT2D eigenvalue weighted by atomic mass is 10.1. The number of rotatable bonds is 5. The van der Waals surface area contributed by atoms with Crippen molar-refractivity contribution in [3.8, 4) is 0 Å². The van der Waals surface area contributed by atoms with Crippen molar-refractivity contribution in [3.05, 3.63) is 34.9 Å². The third kappa shape index (κ3) is 3.72. The van der Waals surface area contributed by atoms with Gasteiger partial charge in [-0.15, -0.1) is 0 Å². The molecule has 0 unspecified atom stereocenters. The highest BCUT2D eigenvalue weighted by molar-refractivity contribution is 6.30. The summed E-state index contributed by atoms with van der Waals surface area (Å²) in [5, 5.41) is 0.702. The number of hydrogen-bond acceptors (Lipinski definition) is 3. The third-order valence-corrected chi connectivity index (χ3v) is 3.88. The summed E-state index contributed by atoms with van der Waals surface area (Å²) in [7, 11) is 0. The van der Waals surface area contributed by atoms with Gasteiger partial charge < -0.3 is 15.4 Å². The van der Waals surface area contributed by atoms with Crippen molar-refractivity contribution in [3.63, 3.8) is 0 Å². The number of halogens is 1. The average Bonchev–Trinajstić information content (AvgIpc) is 2.95. The Hall–Kier alpha value is -1.10. The normalized spacial score (nSPS) is 21.9. The first-order valence-electron chi connectivity index (χ1n) is 7.02. The van der Waals surface area contributed by atoms with Crippen LogP contribution in [0.1, 0.15) is 25.3 Å². The van der Waals surface area contributed by atoms with Gasteiger partial charge in [-0.25, -0.2) is 0 Å². The van der Waals surface area contributed by atoms with Gasteiger partial charge in [0.05, 0.1) is 6.10 Å². The SMILES string of the molecule is CCN(Cc1ccc(Cl)cc1)C(=O)[C@@H]1CC[C@H](CN)O1. The number of amides is 1. The maximum absolute atomic E-state index is 12.4. The fourth-order valence-electron chi connectivity index (χ4n) is 2.42. The molecular formula is C15H21ClN2O2. The number of hydrogen-bond donors (Lipinski definition) is 1. The van der Waals surface area contributed by atoms with Gasteiger partial charge in [-0.3, -0.25) is 4.79 Å². The summed E-state index contributed by atoms with van der Waals surface area (Å²) in [5.74, 6) is 0.0541. The van der Waals surface area contributed by atoms with Gasteiger partial charge in [0, 0.05) is 24.7 Å². The van der Waals surface area contributed by atoms with Crippen LogP contribution in [0, 0.1) is 0 Å². The first-order chi connectivity index (χ1) is 9.63. The molecule has 2 N–H and O–H groups in total. The van der Waals surface area contributed by atoms with Crippen molar-refractivity contribution in [2.24, 2.45) is 5.73 Å². The van der Waals surface area contributed by atoms with E-state index in [4.69, 9.17) is 22.1 Å². The number of carbonyl (C=O) groups is 1. The third-order valence-electron chi connectivity index (χ3n) is 3.63. The fourth-order valence-corrected chi connectivity index (χ4v) is 2.55. The standard InChI is InChI=1S/C15H21ClN2O2/c1-2-18(10-11-3-5-12(16)6-4-11)15(19)14-8-7-13(9-17)20-14/h3-6,13-14H,2,7-10,17H2,1H3/t13-,14+/m1/s1. The molecule has 1 aliphatic rings. The number of likely N-dealkylation sites (N-methyl/N-ethyl adjacent to an activating group) is 1. The lowest BCUT2D eigenvalue weighted by Gasteiger charge is -2.24. The molecule has 0 aliphatic carbocycles. The largest absolute Gasteiger partial charge is 0.364 e. The Balaban J connectivity index is 1.97. The molecule has 4 nitrogen and oxygen atoms in total. The van der Waals surface area contributed by atoms with E-state index >= 15 is 0 Å². The monoisotopic (exact) mass is 296 g/mol. The van der Waals surface area contributed by atoms with Gasteiger partial charge in [-0.2, -0.15) is 0 Å². The summed E-state index contributed by atoms with van der Waals surface area (Å²) >= 11 is 5.87. The van der Waals surface area contributed by atoms with E-state index in [1.165, 1.54) is 0 Å². The molecule has 0 bridgehead atoms. The molecule has 1 heterocycles. The molecule has 110 valence electrons. The molecular weight excluding hydrogens is 276 g/mol. The molecule has 0 spiro atoms. The van der Waals surface area contributed by atoms with Crippen molar-refractivity contribution in [1.82, 2.24) is 4.90 Å². The Labute approximate surface area is 124 Å². The predicted octanol–water partition coefficient (Wildman–Crippen LogP) is 2.19. The Morgan fingerprint density at radius 2 is 2.10 bits per heavy atom. The van der Waals surface area contributed by atoms with E-state index in [0.29, 0.717) is 24.7 Å². The van der Waals surface area contributed by atoms with Gasteiger partial charge >= 0.3 is 0 Å². The number of ether oxygens (including phenoxy) is 1. The molecule has 20 heavy (non-hydrogen) atoms. The van der Waals surface area contributed by atoms with Crippen molar-refractivity contribution in [2.45, 2.75) is 38.5 Å². The number of carbonyl (C=O) groups excluding carboxylic acids is 1. The molecule has 2 atom stereocenters. The molecule has 1 fully saturated rings. The minimum Gasteiger partial charge on any atom is -0.364 e. The van der Waals surface area contributed by atoms with E-state index in [1.54, 1.807) is 0 Å². The van der Waals surface area contributed by atoms with E-state index in [9.17, 15) is 4.79 Å². The van der Waals surface area contributed by atoms with Gasteiger partial charge in [0.25, 0.3) is 5.91 Å². The van der Waals surface area contributed by atoms with Crippen molar-refractivity contribution in [1.29, 1.82) is 0 Å². The van der Waals surface area contributed by atoms with Crippen LogP contribution in [0.2, 0.25) is 5.02 Å². The zero-order valence-corrected chi connectivity index (χ0v) is 12.5. The minimum atomic E-state index is -0.337. The summed E-state index contributed by atoms with van der Waals surface area (Å²) in [6, 6.07) is 7.56. The van der Waals surface area contributed by atoms with Gasteiger partial charge in [-0.05, 0) is 37.5 Å². The Kier molecular flexibility index (Phi) is 5.40. The maximum atomic E-state index is 12.4. The average molecular weight is 297 g/mol. The summed E-state index contributed by atoms with van der Waals surface area (Å²) in [6.45, 7) is 3.70. The van der Waals surface area contributed by atoms with E-state index in [2.05, 4.69) is 0 Å². The zero-order chi connectivity index (χ0) is 14.5. The van der Waals surface area contributed by atoms with Crippen LogP contribution < -0.4 is 5.73 Å². The highest BCUT2D eigenvalue weighted by Gasteiger charge is 2.32. The van der Waals surface area contributed by atoms with Crippen molar-refractivity contribution < 1.29 is 9.53 Å². The highest BCUT2D eigenvalue weighted by Crippen LogP contribution is 2.21. The molecule has 0 radical (unpaired) electrons. The van der Waals surface area contributed by atoms with Crippen LogP contribution in [0.5, 0.6) is 0 Å². The quantitative estimate of drug-likeness (QED) is 0.906. The molecule has 5 heteroatoms. The van der Waals surface area contributed by atoms with Gasteiger partial charge in [-0.1, -0.05) is 23.7 Å². The summed E-state index contributed by atoms with van der Waals surface area (Å²) in [6.07, 6.45) is 1.32. The van der Waals surface area contributed by atoms with Crippen molar-refractivity contribution in [2.75, 3.05) is 13.1 Å². The lowest BCUT2D eigenvalue weighted by molar-refractivity contribution is -0.143. The second-order valence-electron chi connectivity index (χ2n) is 5.04. The predicted molar refractivity (Wildman–Crippen MR) is 79.5 cm³/mol. The van der Waals surface area contributed by atoms with Gasteiger partial charge in [0.1, 0.15) is 6.10 Å². The number of benzene rings is 1. The van der Waals surface area contributed by atoms with E-state index in [-0.39, 0.29) is 18.1 Å². The summed E-state index contributed by atoms with van der Waals surface area (Å²) in [4.78, 5) is 14.3. The van der Waals surface area contributed by atoms with Gasteiger partial charge in [0.2, 0.25) is 0 Å². The van der Waals surface area contributed by atoms with Crippen LogP contribution in [-0.4, -0.2) is 36.1 Å². The molecule has 1 amide bonds. The Morgan fingerprint density at radius 3 is 2.65 bits per heavy atom. The van der Waals surface area contributed by atoms with Gasteiger partial charge in [0.15, 0.2) is 0 Å². The van der Waals surface area contributed by atoms with Crippen LogP contribution in [0.3, 0.4) is 0 Å². The van der Waals surface area contributed by atoms with Crippen LogP contribution in [0.25, 0.3) is 0 Å². The number of nitrogens with zero attached hydrogens (tertiary/aromatic N) is 1. The summed E-state index contributed by atoms with van der Waals surface area (Å²) < 4.78 is 5.67. The molecule has 0 saturated carbocycles.